The van der Waals surface area contributed by atoms with Crippen LogP contribution >= 0.6 is 0 Å². The van der Waals surface area contributed by atoms with E-state index < -0.39 is 99.2 Å². The van der Waals surface area contributed by atoms with E-state index in [2.05, 4.69) is 0 Å². The summed E-state index contributed by atoms with van der Waals surface area (Å²) in [6, 6.07) is 0. The Kier molecular flexibility index (Phi) is 8.21. The van der Waals surface area contributed by atoms with Gasteiger partial charge in [-0.1, -0.05) is 0 Å². The molecule has 9 N–H and O–H groups in total. The molecule has 3 aliphatic rings. The van der Waals surface area contributed by atoms with E-state index in [-0.39, 0.29) is 0 Å². The zero-order chi connectivity index (χ0) is 23.0. The van der Waals surface area contributed by atoms with Gasteiger partial charge in [-0.05, 0) is 6.92 Å². The van der Waals surface area contributed by atoms with Crippen LogP contribution in [0.4, 0.5) is 0 Å². The molecule has 0 saturated carbocycles. The molecule has 3 aliphatic heterocycles. The first kappa shape index (κ1) is 25.1. The zero-order valence-corrected chi connectivity index (χ0v) is 16.6. The van der Waals surface area contributed by atoms with Crippen LogP contribution in [-0.2, 0) is 23.7 Å². The van der Waals surface area contributed by atoms with Gasteiger partial charge >= 0.3 is 0 Å². The van der Waals surface area contributed by atoms with Crippen LogP contribution in [-0.4, -0.2) is 145 Å². The third-order valence-corrected chi connectivity index (χ3v) is 5.70. The monoisotopic (exact) mass is 458 g/mol. The number of hydrogen-bond acceptors (Lipinski definition) is 14. The molecule has 14 nitrogen and oxygen atoms in total. The van der Waals surface area contributed by atoms with E-state index in [1.807, 2.05) is 0 Å². The van der Waals surface area contributed by atoms with Crippen molar-refractivity contribution in [3.05, 3.63) is 0 Å². The number of hydrogen-bond donors (Lipinski definition) is 9. The Morgan fingerprint density at radius 3 is 1.71 bits per heavy atom. The predicted octanol–water partition coefficient (Wildman–Crippen LogP) is -5.91. The highest BCUT2D eigenvalue weighted by atomic mass is 16.8. The first-order chi connectivity index (χ1) is 14.6. The Hall–Kier alpha value is -0.560. The molecule has 0 amide bonds. The van der Waals surface area contributed by atoms with Gasteiger partial charge in [0.2, 0.25) is 0 Å². The van der Waals surface area contributed by atoms with Crippen LogP contribution in [0.3, 0.4) is 0 Å². The third kappa shape index (κ3) is 4.87. The van der Waals surface area contributed by atoms with E-state index in [4.69, 9.17) is 23.7 Å². The SMILES string of the molecule is C[C@@H]1O[C@@H](O[C@@H]2[C@@H](O)[C@H](O[C@@H]3O[C@@H](CO)[C@H](O)[C@H]3O)[C@@H](CO)O[C@H]2O)[C@H](O)[C@H](O)[C@H]1O. The molecule has 0 spiro atoms. The highest BCUT2D eigenvalue weighted by Crippen LogP contribution is 2.32. The number of aliphatic hydroxyl groups excluding tert-OH is 9. The quantitative estimate of drug-likeness (QED) is 0.181. The van der Waals surface area contributed by atoms with Gasteiger partial charge in [-0.2, -0.15) is 0 Å². The highest BCUT2D eigenvalue weighted by Gasteiger charge is 2.53. The highest BCUT2D eigenvalue weighted by molar-refractivity contribution is 4.95. The smallest absolute Gasteiger partial charge is 0.187 e. The van der Waals surface area contributed by atoms with E-state index in [0.29, 0.717) is 0 Å². The molecule has 0 aromatic rings. The van der Waals surface area contributed by atoms with Gasteiger partial charge in [0.05, 0.1) is 19.3 Å². The van der Waals surface area contributed by atoms with Crippen LogP contribution in [0.25, 0.3) is 0 Å². The molecule has 0 aromatic heterocycles. The molecular formula is C17H30O14. The van der Waals surface area contributed by atoms with Crippen LogP contribution < -0.4 is 0 Å². The molecule has 14 atom stereocenters. The van der Waals surface area contributed by atoms with Gasteiger partial charge in [-0.25, -0.2) is 0 Å². The molecule has 0 unspecified atom stereocenters. The van der Waals surface area contributed by atoms with Crippen molar-refractivity contribution >= 4 is 0 Å². The standard InChI is InChI=1S/C17H30O14/c1-4-7(20)9(22)11(24)16(27-4)31-14-12(25)13(6(3-19)28-15(14)26)30-17-10(23)8(21)5(2-18)29-17/h4-26H,2-3H2,1H3/t4-,5-,6+,7-,8-,9+,10+,11+,12-,13+,14+,15+,16-,17-/m0/s1. The van der Waals surface area contributed by atoms with E-state index >= 15 is 0 Å². The first-order valence-electron chi connectivity index (χ1n) is 9.86. The largest absolute Gasteiger partial charge is 0.394 e. The molecule has 3 saturated heterocycles. The Balaban J connectivity index is 1.72. The summed E-state index contributed by atoms with van der Waals surface area (Å²) >= 11 is 0. The number of ether oxygens (including phenoxy) is 5. The molecule has 0 aliphatic carbocycles. The van der Waals surface area contributed by atoms with Crippen LogP contribution in [0.5, 0.6) is 0 Å². The van der Waals surface area contributed by atoms with Crippen molar-refractivity contribution in [2.75, 3.05) is 13.2 Å². The molecule has 31 heavy (non-hydrogen) atoms. The summed E-state index contributed by atoms with van der Waals surface area (Å²) in [7, 11) is 0. The maximum atomic E-state index is 10.7. The van der Waals surface area contributed by atoms with Gasteiger partial charge in [-0.15, -0.1) is 0 Å². The van der Waals surface area contributed by atoms with Gasteiger partial charge in [0.15, 0.2) is 18.9 Å². The minimum absolute atomic E-state index is 0.612. The maximum absolute atomic E-state index is 10.7. The predicted molar refractivity (Wildman–Crippen MR) is 93.8 cm³/mol. The molecule has 3 fully saturated rings. The summed E-state index contributed by atoms with van der Waals surface area (Å²) in [6.45, 7) is 0.0829. The molecule has 0 aromatic carbocycles. The molecule has 0 bridgehead atoms. The average molecular weight is 458 g/mol. The molecular weight excluding hydrogens is 428 g/mol. The van der Waals surface area contributed by atoms with Crippen LogP contribution in [0.1, 0.15) is 6.92 Å². The minimum atomic E-state index is -1.81. The second kappa shape index (κ2) is 10.1. The fourth-order valence-electron chi connectivity index (χ4n) is 3.79. The van der Waals surface area contributed by atoms with Gasteiger partial charge in [-0.3, -0.25) is 0 Å². The Morgan fingerprint density at radius 2 is 1.13 bits per heavy atom. The van der Waals surface area contributed by atoms with Gasteiger partial charge < -0.3 is 69.6 Å². The lowest BCUT2D eigenvalue weighted by atomic mass is 9.97. The molecule has 182 valence electrons. The average Bonchev–Trinajstić information content (AvgIpc) is 3.02. The summed E-state index contributed by atoms with van der Waals surface area (Å²) in [5, 5.41) is 89.4. The van der Waals surface area contributed by atoms with E-state index in [1.165, 1.54) is 6.92 Å². The van der Waals surface area contributed by atoms with E-state index in [9.17, 15) is 46.0 Å². The minimum Gasteiger partial charge on any atom is -0.394 e. The summed E-state index contributed by atoms with van der Waals surface area (Å²) in [5.74, 6) is 0. The van der Waals surface area contributed by atoms with Gasteiger partial charge in [0.25, 0.3) is 0 Å². The lowest BCUT2D eigenvalue weighted by molar-refractivity contribution is -0.369. The molecule has 14 heteroatoms. The summed E-state index contributed by atoms with van der Waals surface area (Å²) in [4.78, 5) is 0. The van der Waals surface area contributed by atoms with E-state index in [0.717, 1.165) is 0 Å². The maximum Gasteiger partial charge on any atom is 0.187 e. The summed E-state index contributed by atoms with van der Waals surface area (Å²) in [5.41, 5.74) is 0. The lowest BCUT2D eigenvalue weighted by Gasteiger charge is -2.46. The van der Waals surface area contributed by atoms with Crippen molar-refractivity contribution in [3.63, 3.8) is 0 Å². The van der Waals surface area contributed by atoms with Crippen molar-refractivity contribution in [2.24, 2.45) is 0 Å². The summed E-state index contributed by atoms with van der Waals surface area (Å²) in [6.07, 6.45) is -20.8. The van der Waals surface area contributed by atoms with Crippen LogP contribution in [0.15, 0.2) is 0 Å². The molecule has 0 radical (unpaired) electrons. The normalized spacial score (nSPS) is 53.6. The van der Waals surface area contributed by atoms with E-state index in [1.54, 1.807) is 0 Å². The van der Waals surface area contributed by atoms with Crippen molar-refractivity contribution in [3.8, 4) is 0 Å². The Bertz CT molecular complexity index is 581. The summed E-state index contributed by atoms with van der Waals surface area (Å²) < 4.78 is 26.6. The van der Waals surface area contributed by atoms with Gasteiger partial charge in [0, 0.05) is 0 Å². The third-order valence-electron chi connectivity index (χ3n) is 5.70. The van der Waals surface area contributed by atoms with Crippen LogP contribution in [0, 0.1) is 0 Å². The zero-order valence-electron chi connectivity index (χ0n) is 16.6. The van der Waals surface area contributed by atoms with Crippen molar-refractivity contribution in [2.45, 2.75) is 92.9 Å². The van der Waals surface area contributed by atoms with Crippen LogP contribution in [0.2, 0.25) is 0 Å². The molecule has 3 rings (SSSR count). The molecule has 3 heterocycles. The van der Waals surface area contributed by atoms with Crippen molar-refractivity contribution in [1.82, 2.24) is 0 Å². The van der Waals surface area contributed by atoms with Gasteiger partial charge in [0.1, 0.15) is 61.0 Å². The fourth-order valence-corrected chi connectivity index (χ4v) is 3.79. The second-order valence-corrected chi connectivity index (χ2v) is 7.83. The Labute approximate surface area is 176 Å². The van der Waals surface area contributed by atoms with Crippen molar-refractivity contribution in [1.29, 1.82) is 0 Å². The second-order valence-electron chi connectivity index (χ2n) is 7.83. The number of rotatable bonds is 6. The fraction of sp³-hybridized carbons (Fsp3) is 1.00. The van der Waals surface area contributed by atoms with Crippen molar-refractivity contribution < 1.29 is 69.6 Å². The topological polar surface area (TPSA) is 228 Å². The first-order valence-corrected chi connectivity index (χ1v) is 9.86. The lowest BCUT2D eigenvalue weighted by Crippen LogP contribution is -2.64. The Morgan fingerprint density at radius 1 is 0.581 bits per heavy atom. The number of aliphatic hydroxyl groups is 9.